The second-order valence-corrected chi connectivity index (χ2v) is 10.0. The molecule has 7 heteroatoms. The van der Waals surface area contributed by atoms with Gasteiger partial charge in [-0.1, -0.05) is 78.9 Å². The molecule has 1 unspecified atom stereocenters. The van der Waals surface area contributed by atoms with E-state index in [0.717, 1.165) is 37.0 Å². The number of thioether (sulfide) groups is 1. The first-order valence-corrected chi connectivity index (χ1v) is 13.0. The summed E-state index contributed by atoms with van der Waals surface area (Å²) in [4.78, 5) is 27.9. The van der Waals surface area contributed by atoms with E-state index in [1.165, 1.54) is 18.2 Å². The highest BCUT2D eigenvalue weighted by molar-refractivity contribution is 7.99. The quantitative estimate of drug-likeness (QED) is 0.460. The minimum absolute atomic E-state index is 0.104. The van der Waals surface area contributed by atoms with Crippen molar-refractivity contribution < 1.29 is 9.59 Å². The second kappa shape index (κ2) is 12.5. The van der Waals surface area contributed by atoms with Crippen molar-refractivity contribution in [3.63, 3.8) is 0 Å². The first-order valence-electron chi connectivity index (χ1n) is 11.1. The fourth-order valence-electron chi connectivity index (χ4n) is 3.92. The van der Waals surface area contributed by atoms with Crippen LogP contribution in [-0.2, 0) is 21.9 Å². The summed E-state index contributed by atoms with van der Waals surface area (Å²) in [6, 6.07) is 14.9. The third-order valence-electron chi connectivity index (χ3n) is 5.85. The van der Waals surface area contributed by atoms with E-state index in [0.29, 0.717) is 15.6 Å². The maximum Gasteiger partial charge on any atom is 0.242 e. The third-order valence-corrected chi connectivity index (χ3v) is 7.54. The van der Waals surface area contributed by atoms with Crippen LogP contribution >= 0.6 is 35.0 Å². The normalized spacial score (nSPS) is 15.2. The van der Waals surface area contributed by atoms with Gasteiger partial charge in [-0.2, -0.15) is 0 Å². The van der Waals surface area contributed by atoms with Crippen molar-refractivity contribution >= 4 is 46.8 Å². The molecule has 1 atom stereocenters. The zero-order chi connectivity index (χ0) is 22.9. The topological polar surface area (TPSA) is 49.4 Å². The molecular weight excluding hydrogens is 463 g/mol. The first-order chi connectivity index (χ1) is 15.5. The van der Waals surface area contributed by atoms with Crippen molar-refractivity contribution in [3.8, 4) is 0 Å². The predicted molar refractivity (Wildman–Crippen MR) is 134 cm³/mol. The number of nitrogens with zero attached hydrogens (tertiary/aromatic N) is 1. The Hall–Kier alpha value is -1.69. The average Bonchev–Trinajstić information content (AvgIpc) is 2.80. The van der Waals surface area contributed by atoms with Crippen LogP contribution in [0.5, 0.6) is 0 Å². The fraction of sp³-hybridized carbons (Fsp3) is 0.440. The lowest BCUT2D eigenvalue weighted by molar-refractivity contribution is -0.139. The number of amides is 2. The van der Waals surface area contributed by atoms with Crippen molar-refractivity contribution in [1.82, 2.24) is 10.2 Å². The molecule has 32 heavy (non-hydrogen) atoms. The van der Waals surface area contributed by atoms with E-state index >= 15 is 0 Å². The maximum absolute atomic E-state index is 13.2. The Morgan fingerprint density at radius 3 is 2.34 bits per heavy atom. The van der Waals surface area contributed by atoms with Gasteiger partial charge in [-0.15, -0.1) is 11.8 Å². The molecule has 0 saturated heterocycles. The summed E-state index contributed by atoms with van der Waals surface area (Å²) in [5, 5.41) is 4.13. The van der Waals surface area contributed by atoms with Crippen LogP contribution in [0.15, 0.2) is 48.5 Å². The summed E-state index contributed by atoms with van der Waals surface area (Å²) in [7, 11) is 0. The van der Waals surface area contributed by atoms with Crippen LogP contribution < -0.4 is 5.32 Å². The van der Waals surface area contributed by atoms with Gasteiger partial charge in [0, 0.05) is 33.9 Å². The van der Waals surface area contributed by atoms with Crippen molar-refractivity contribution in [3.05, 3.63) is 69.7 Å². The minimum atomic E-state index is -0.617. The molecule has 0 spiro atoms. The van der Waals surface area contributed by atoms with Crippen molar-refractivity contribution in [1.29, 1.82) is 0 Å². The molecule has 2 aromatic rings. The van der Waals surface area contributed by atoms with Gasteiger partial charge in [0.1, 0.15) is 6.04 Å². The van der Waals surface area contributed by atoms with Crippen molar-refractivity contribution in [2.24, 2.45) is 0 Å². The van der Waals surface area contributed by atoms with Crippen LogP contribution in [0.4, 0.5) is 0 Å². The molecule has 0 aliphatic heterocycles. The molecule has 0 radical (unpaired) electrons. The zero-order valence-corrected chi connectivity index (χ0v) is 20.7. The highest BCUT2D eigenvalue weighted by Gasteiger charge is 2.29. The van der Waals surface area contributed by atoms with Crippen molar-refractivity contribution in [2.75, 3.05) is 5.75 Å². The van der Waals surface area contributed by atoms with Crippen LogP contribution in [0.2, 0.25) is 10.0 Å². The maximum atomic E-state index is 13.2. The standard InChI is InChI=1S/C25H30Cl2N2O2S/c1-18(25(31)28-20-11-6-3-7-12-20)29(15-21-22(26)13-8-14-23(21)27)24(30)17-32-16-19-9-4-2-5-10-19/h2,4-5,8-10,13-14,18,20H,3,6-7,11-12,15-17H2,1H3,(H,28,31). The van der Waals surface area contributed by atoms with Gasteiger partial charge in [-0.25, -0.2) is 0 Å². The SMILES string of the molecule is CC(C(=O)NC1CCCCC1)N(Cc1c(Cl)cccc1Cl)C(=O)CSCc1ccccc1. The Kier molecular flexibility index (Phi) is 9.76. The summed E-state index contributed by atoms with van der Waals surface area (Å²) in [6.45, 7) is 1.98. The van der Waals surface area contributed by atoms with Gasteiger partial charge in [0.25, 0.3) is 0 Å². The number of rotatable bonds is 9. The number of halogens is 2. The van der Waals surface area contributed by atoms with E-state index in [-0.39, 0.29) is 30.2 Å². The Morgan fingerprint density at radius 2 is 1.69 bits per heavy atom. The van der Waals surface area contributed by atoms with Gasteiger partial charge in [0.15, 0.2) is 0 Å². The van der Waals surface area contributed by atoms with Gasteiger partial charge >= 0.3 is 0 Å². The molecule has 1 aliphatic rings. The van der Waals surface area contributed by atoms with E-state index in [4.69, 9.17) is 23.2 Å². The number of nitrogens with one attached hydrogen (secondary N) is 1. The third kappa shape index (κ3) is 7.16. The number of carbonyl (C=O) groups excluding carboxylic acids is 2. The number of carbonyl (C=O) groups is 2. The molecule has 4 nitrogen and oxygen atoms in total. The van der Waals surface area contributed by atoms with E-state index < -0.39 is 6.04 Å². The lowest BCUT2D eigenvalue weighted by Crippen LogP contribution is -2.50. The molecule has 0 heterocycles. The molecule has 1 aliphatic carbocycles. The molecule has 1 saturated carbocycles. The number of benzene rings is 2. The Balaban J connectivity index is 1.70. The molecule has 3 rings (SSSR count). The molecule has 0 aromatic heterocycles. The molecule has 2 aromatic carbocycles. The van der Waals surface area contributed by atoms with Crippen LogP contribution in [0.25, 0.3) is 0 Å². The van der Waals surface area contributed by atoms with E-state index in [1.807, 2.05) is 30.3 Å². The largest absolute Gasteiger partial charge is 0.352 e. The molecule has 0 bridgehead atoms. The van der Waals surface area contributed by atoms with E-state index in [1.54, 1.807) is 30.0 Å². The van der Waals surface area contributed by atoms with Crippen LogP contribution in [-0.4, -0.2) is 34.6 Å². The first kappa shape index (κ1) is 24.9. The molecule has 172 valence electrons. The van der Waals surface area contributed by atoms with E-state index in [2.05, 4.69) is 5.32 Å². The van der Waals surface area contributed by atoms with Gasteiger partial charge in [0.05, 0.1) is 5.75 Å². The van der Waals surface area contributed by atoms with Gasteiger partial charge < -0.3 is 10.2 Å². The lowest BCUT2D eigenvalue weighted by Gasteiger charge is -2.31. The van der Waals surface area contributed by atoms with Crippen molar-refractivity contribution in [2.45, 2.75) is 63.4 Å². The van der Waals surface area contributed by atoms with Crippen LogP contribution in [0, 0.1) is 0 Å². The average molecular weight is 494 g/mol. The lowest BCUT2D eigenvalue weighted by atomic mass is 9.95. The highest BCUT2D eigenvalue weighted by Crippen LogP contribution is 2.27. The van der Waals surface area contributed by atoms with Gasteiger partial charge in [0.2, 0.25) is 11.8 Å². The number of hydrogen-bond donors (Lipinski definition) is 1. The highest BCUT2D eigenvalue weighted by atomic mass is 35.5. The summed E-state index contributed by atoms with van der Waals surface area (Å²) >= 11 is 14.3. The summed E-state index contributed by atoms with van der Waals surface area (Å²) in [6.07, 6.45) is 5.47. The predicted octanol–water partition coefficient (Wildman–Crippen LogP) is 6.09. The monoisotopic (exact) mass is 492 g/mol. The summed E-state index contributed by atoms with van der Waals surface area (Å²) in [5.41, 5.74) is 1.82. The molecule has 1 N–H and O–H groups in total. The smallest absolute Gasteiger partial charge is 0.242 e. The summed E-state index contributed by atoms with van der Waals surface area (Å²) in [5.74, 6) is 0.781. The number of hydrogen-bond acceptors (Lipinski definition) is 3. The van der Waals surface area contributed by atoms with Gasteiger partial charge in [-0.05, 0) is 37.5 Å². The van der Waals surface area contributed by atoms with Crippen LogP contribution in [0.3, 0.4) is 0 Å². The molecular formula is C25H30Cl2N2O2S. The zero-order valence-electron chi connectivity index (χ0n) is 18.4. The Morgan fingerprint density at radius 1 is 1.03 bits per heavy atom. The van der Waals surface area contributed by atoms with Crippen LogP contribution in [0.1, 0.15) is 50.2 Å². The van der Waals surface area contributed by atoms with E-state index in [9.17, 15) is 9.59 Å². The fourth-order valence-corrected chi connectivity index (χ4v) is 5.31. The molecule has 1 fully saturated rings. The molecule has 2 amide bonds. The Labute approximate surface area is 205 Å². The summed E-state index contributed by atoms with van der Waals surface area (Å²) < 4.78 is 0. The second-order valence-electron chi connectivity index (χ2n) is 8.22. The minimum Gasteiger partial charge on any atom is -0.352 e. The Bertz CT molecular complexity index is 884. The van der Waals surface area contributed by atoms with Gasteiger partial charge in [-0.3, -0.25) is 9.59 Å².